The lowest BCUT2D eigenvalue weighted by molar-refractivity contribution is 0.1000. The van der Waals surface area contributed by atoms with E-state index in [0.29, 0.717) is 18.8 Å². The van der Waals surface area contributed by atoms with Crippen molar-refractivity contribution in [3.8, 4) is 0 Å². The van der Waals surface area contributed by atoms with Crippen LogP contribution >= 0.6 is 0 Å². The van der Waals surface area contributed by atoms with Gasteiger partial charge < -0.3 is 16.8 Å². The molecule has 2 rings (SSSR count). The van der Waals surface area contributed by atoms with Crippen LogP contribution in [0, 0.1) is 5.82 Å². The van der Waals surface area contributed by atoms with Crippen molar-refractivity contribution < 1.29 is 9.18 Å². The van der Waals surface area contributed by atoms with E-state index >= 15 is 0 Å². The number of amides is 1. The fraction of sp³-hybridized carbons (Fsp3) is 0.188. The third-order valence-electron chi connectivity index (χ3n) is 3.19. The van der Waals surface area contributed by atoms with Gasteiger partial charge in [-0.15, -0.1) is 0 Å². The molecule has 21 heavy (non-hydrogen) atoms. The summed E-state index contributed by atoms with van der Waals surface area (Å²) >= 11 is 0. The molecule has 5 heteroatoms. The van der Waals surface area contributed by atoms with E-state index in [9.17, 15) is 9.18 Å². The van der Waals surface area contributed by atoms with Gasteiger partial charge in [0.15, 0.2) is 0 Å². The van der Waals surface area contributed by atoms with Crippen LogP contribution in [0.1, 0.15) is 21.5 Å². The highest BCUT2D eigenvalue weighted by Gasteiger charge is 2.06. The Morgan fingerprint density at radius 2 is 1.76 bits per heavy atom. The molecule has 2 aromatic carbocycles. The molecule has 0 aliphatic heterocycles. The van der Waals surface area contributed by atoms with Crippen molar-refractivity contribution in [2.45, 2.75) is 13.0 Å². The van der Waals surface area contributed by atoms with Crippen LogP contribution in [0.5, 0.6) is 0 Å². The Bertz CT molecular complexity index is 626. The van der Waals surface area contributed by atoms with Crippen LogP contribution in [0.4, 0.5) is 10.1 Å². The van der Waals surface area contributed by atoms with Crippen LogP contribution in [0.25, 0.3) is 0 Å². The summed E-state index contributed by atoms with van der Waals surface area (Å²) in [5, 5.41) is 3.00. The summed E-state index contributed by atoms with van der Waals surface area (Å²) in [7, 11) is 0. The molecule has 110 valence electrons. The van der Waals surface area contributed by atoms with Crippen LogP contribution in [-0.2, 0) is 13.0 Å². The molecule has 0 fully saturated rings. The molecule has 0 unspecified atom stereocenters. The van der Waals surface area contributed by atoms with E-state index in [4.69, 9.17) is 11.5 Å². The first-order valence-electron chi connectivity index (χ1n) is 6.71. The van der Waals surface area contributed by atoms with Crippen LogP contribution in [0.15, 0.2) is 42.5 Å². The van der Waals surface area contributed by atoms with Gasteiger partial charge in [-0.25, -0.2) is 4.39 Å². The predicted molar refractivity (Wildman–Crippen MR) is 81.4 cm³/mol. The summed E-state index contributed by atoms with van der Waals surface area (Å²) in [4.78, 5) is 11.0. The predicted octanol–water partition coefficient (Wildman–Crippen LogP) is 2.04. The lowest BCUT2D eigenvalue weighted by atomic mass is 10.1. The number of nitrogens with two attached hydrogens (primary N) is 2. The second kappa shape index (κ2) is 6.85. The van der Waals surface area contributed by atoms with Gasteiger partial charge in [0.25, 0.3) is 0 Å². The third kappa shape index (κ3) is 4.03. The van der Waals surface area contributed by atoms with Gasteiger partial charge in [0.1, 0.15) is 5.82 Å². The number of nitrogens with one attached hydrogen (secondary N) is 1. The molecule has 2 aromatic rings. The number of carbonyl (C=O) groups is 1. The zero-order chi connectivity index (χ0) is 15.2. The number of hydrogen-bond donors (Lipinski definition) is 3. The second-order valence-corrected chi connectivity index (χ2v) is 4.77. The minimum Gasteiger partial charge on any atom is -0.379 e. The topological polar surface area (TPSA) is 81.1 Å². The van der Waals surface area contributed by atoms with Crippen molar-refractivity contribution in [1.29, 1.82) is 0 Å². The van der Waals surface area contributed by atoms with E-state index in [1.807, 2.05) is 24.3 Å². The fourth-order valence-electron chi connectivity index (χ4n) is 2.00. The van der Waals surface area contributed by atoms with E-state index in [1.54, 1.807) is 0 Å². The van der Waals surface area contributed by atoms with Crippen molar-refractivity contribution in [2.24, 2.45) is 11.5 Å². The largest absolute Gasteiger partial charge is 0.379 e. The average molecular weight is 287 g/mol. The molecule has 0 heterocycles. The summed E-state index contributed by atoms with van der Waals surface area (Å²) in [5.41, 5.74) is 13.3. The van der Waals surface area contributed by atoms with Gasteiger partial charge in [-0.1, -0.05) is 24.3 Å². The van der Waals surface area contributed by atoms with E-state index in [-0.39, 0.29) is 5.56 Å². The number of rotatable bonds is 6. The first kappa shape index (κ1) is 15.0. The molecule has 0 radical (unpaired) electrons. The third-order valence-corrected chi connectivity index (χ3v) is 3.19. The summed E-state index contributed by atoms with van der Waals surface area (Å²) in [6.45, 7) is 1.12. The Morgan fingerprint density at radius 3 is 2.33 bits per heavy atom. The Kier molecular flexibility index (Phi) is 4.90. The second-order valence-electron chi connectivity index (χ2n) is 4.77. The van der Waals surface area contributed by atoms with Gasteiger partial charge >= 0.3 is 0 Å². The first-order chi connectivity index (χ1) is 10.1. The molecular formula is C16H18FN3O. The number of benzene rings is 2. The van der Waals surface area contributed by atoms with Crippen LogP contribution in [0.2, 0.25) is 0 Å². The fourth-order valence-corrected chi connectivity index (χ4v) is 2.00. The SMILES string of the molecule is NCCc1ccc(CNc2ccc(C(N)=O)cc2F)cc1. The summed E-state index contributed by atoms with van der Waals surface area (Å²) in [6, 6.07) is 12.1. The summed E-state index contributed by atoms with van der Waals surface area (Å²) in [6.07, 6.45) is 0.844. The van der Waals surface area contributed by atoms with E-state index < -0.39 is 11.7 Å². The van der Waals surface area contributed by atoms with Crippen molar-refractivity contribution in [3.63, 3.8) is 0 Å². The molecule has 0 bridgehead atoms. The minimum absolute atomic E-state index is 0.157. The van der Waals surface area contributed by atoms with E-state index in [1.165, 1.54) is 17.7 Å². The average Bonchev–Trinajstić information content (AvgIpc) is 2.47. The maximum atomic E-state index is 13.8. The summed E-state index contributed by atoms with van der Waals surface area (Å²) < 4.78 is 13.8. The number of anilines is 1. The molecule has 0 aliphatic carbocycles. The maximum absolute atomic E-state index is 13.8. The van der Waals surface area contributed by atoms with E-state index in [2.05, 4.69) is 5.32 Å². The maximum Gasteiger partial charge on any atom is 0.248 e. The molecule has 0 spiro atoms. The van der Waals surface area contributed by atoms with Gasteiger partial charge in [-0.05, 0) is 42.3 Å². The highest BCUT2D eigenvalue weighted by Crippen LogP contribution is 2.17. The van der Waals surface area contributed by atoms with Crippen molar-refractivity contribution in [1.82, 2.24) is 0 Å². The molecule has 0 saturated carbocycles. The zero-order valence-corrected chi connectivity index (χ0v) is 11.6. The van der Waals surface area contributed by atoms with E-state index in [0.717, 1.165) is 18.1 Å². The standard InChI is InChI=1S/C16H18FN3O/c17-14-9-13(16(19)21)5-6-15(14)20-10-12-3-1-11(2-4-12)7-8-18/h1-6,9,20H,7-8,10,18H2,(H2,19,21). The lowest BCUT2D eigenvalue weighted by Gasteiger charge is -2.09. The molecule has 1 amide bonds. The monoisotopic (exact) mass is 287 g/mol. The molecule has 0 atom stereocenters. The Balaban J connectivity index is 2.01. The first-order valence-corrected chi connectivity index (χ1v) is 6.71. The van der Waals surface area contributed by atoms with Gasteiger partial charge in [0.05, 0.1) is 5.69 Å². The number of hydrogen-bond acceptors (Lipinski definition) is 3. The van der Waals surface area contributed by atoms with Crippen LogP contribution in [0.3, 0.4) is 0 Å². The molecule has 0 aliphatic rings. The van der Waals surface area contributed by atoms with Crippen LogP contribution in [-0.4, -0.2) is 12.5 Å². The molecular weight excluding hydrogens is 269 g/mol. The van der Waals surface area contributed by atoms with Crippen molar-refractivity contribution >= 4 is 11.6 Å². The number of primary amides is 1. The zero-order valence-electron chi connectivity index (χ0n) is 11.6. The Morgan fingerprint density at radius 1 is 1.10 bits per heavy atom. The summed E-state index contributed by atoms with van der Waals surface area (Å²) in [5.74, 6) is -1.14. The normalized spacial score (nSPS) is 10.4. The van der Waals surface area contributed by atoms with Crippen molar-refractivity contribution in [2.75, 3.05) is 11.9 Å². The molecule has 0 aromatic heterocycles. The smallest absolute Gasteiger partial charge is 0.248 e. The Hall–Kier alpha value is -2.40. The highest BCUT2D eigenvalue weighted by molar-refractivity contribution is 5.93. The van der Waals surface area contributed by atoms with Gasteiger partial charge in [-0.3, -0.25) is 4.79 Å². The Labute approximate surface area is 123 Å². The molecule has 4 nitrogen and oxygen atoms in total. The van der Waals surface area contributed by atoms with Gasteiger partial charge in [0, 0.05) is 12.1 Å². The number of carbonyl (C=O) groups excluding carboxylic acids is 1. The minimum atomic E-state index is -0.643. The van der Waals surface area contributed by atoms with Crippen LogP contribution < -0.4 is 16.8 Å². The van der Waals surface area contributed by atoms with Gasteiger partial charge in [-0.2, -0.15) is 0 Å². The number of halogens is 1. The van der Waals surface area contributed by atoms with Gasteiger partial charge in [0.2, 0.25) is 5.91 Å². The lowest BCUT2D eigenvalue weighted by Crippen LogP contribution is -2.11. The molecule has 5 N–H and O–H groups in total. The van der Waals surface area contributed by atoms with Crippen molar-refractivity contribution in [3.05, 3.63) is 65.0 Å². The quantitative estimate of drug-likeness (QED) is 0.760. The highest BCUT2D eigenvalue weighted by atomic mass is 19.1. The molecule has 0 saturated heterocycles.